The molecular weight excluding hydrogens is 454 g/mol. The van der Waals surface area contributed by atoms with E-state index >= 15 is 0 Å². The monoisotopic (exact) mass is 479 g/mol. The largest absolute Gasteiger partial charge is 0.484 e. The Morgan fingerprint density at radius 1 is 0.871 bits per heavy atom. The maximum Gasteiger partial charge on any atom is 0.262 e. The second kappa shape index (κ2) is 10.5. The van der Waals surface area contributed by atoms with Gasteiger partial charge in [-0.05, 0) is 54.1 Å². The number of carbonyl (C=O) groups is 1. The molecule has 1 aliphatic rings. The lowest BCUT2D eigenvalue weighted by molar-refractivity contribution is -0.118. The van der Waals surface area contributed by atoms with Crippen LogP contribution in [0.3, 0.4) is 0 Å². The third kappa shape index (κ3) is 6.32. The minimum atomic E-state index is -0.176. The Bertz CT molecular complexity index is 970. The number of piperazine rings is 1. The van der Waals surface area contributed by atoms with Crippen molar-refractivity contribution in [1.29, 1.82) is 0 Å². The zero-order chi connectivity index (χ0) is 21.5. The van der Waals surface area contributed by atoms with E-state index in [-0.39, 0.29) is 12.5 Å². The highest BCUT2D eigenvalue weighted by Gasteiger charge is 2.17. The number of hydrogen-bond acceptors (Lipinski definition) is 4. The molecule has 1 saturated heterocycles. The Morgan fingerprint density at radius 3 is 2.23 bits per heavy atom. The summed E-state index contributed by atoms with van der Waals surface area (Å²) in [5.41, 5.74) is 3.32. The van der Waals surface area contributed by atoms with Gasteiger partial charge >= 0.3 is 0 Å². The minimum Gasteiger partial charge on any atom is -0.484 e. The number of halogens is 1. The highest BCUT2D eigenvalue weighted by Crippen LogP contribution is 2.21. The van der Waals surface area contributed by atoms with Gasteiger partial charge in [0.1, 0.15) is 5.75 Å². The van der Waals surface area contributed by atoms with Crippen LogP contribution in [0.1, 0.15) is 5.56 Å². The normalized spacial score (nSPS) is 14.3. The van der Waals surface area contributed by atoms with Crippen molar-refractivity contribution in [2.75, 3.05) is 43.0 Å². The third-order valence-electron chi connectivity index (χ3n) is 5.32. The van der Waals surface area contributed by atoms with Crippen molar-refractivity contribution in [1.82, 2.24) is 4.90 Å². The van der Waals surface area contributed by atoms with Gasteiger partial charge in [-0.1, -0.05) is 46.3 Å². The van der Waals surface area contributed by atoms with Crippen LogP contribution >= 0.6 is 15.9 Å². The van der Waals surface area contributed by atoms with E-state index in [0.29, 0.717) is 5.75 Å². The second-order valence-electron chi connectivity index (χ2n) is 7.59. The van der Waals surface area contributed by atoms with Gasteiger partial charge in [-0.2, -0.15) is 0 Å². The summed E-state index contributed by atoms with van der Waals surface area (Å²) in [6.45, 7) is 5.06. The quantitative estimate of drug-likeness (QED) is 0.529. The minimum absolute atomic E-state index is 0.0211. The highest BCUT2D eigenvalue weighted by atomic mass is 79.9. The number of nitrogens with zero attached hydrogens (tertiary/aromatic N) is 2. The fraction of sp³-hybridized carbons (Fsp3) is 0.240. The zero-order valence-electron chi connectivity index (χ0n) is 17.3. The molecule has 31 heavy (non-hydrogen) atoms. The summed E-state index contributed by atoms with van der Waals surface area (Å²) in [6, 6.07) is 26.1. The van der Waals surface area contributed by atoms with Crippen LogP contribution in [0.5, 0.6) is 5.75 Å². The molecule has 0 aliphatic carbocycles. The van der Waals surface area contributed by atoms with E-state index < -0.39 is 0 Å². The molecule has 0 saturated carbocycles. The molecule has 0 aromatic heterocycles. The predicted octanol–water partition coefficient (Wildman–Crippen LogP) is 4.79. The van der Waals surface area contributed by atoms with Crippen molar-refractivity contribution < 1.29 is 9.53 Å². The second-order valence-corrected chi connectivity index (χ2v) is 8.50. The van der Waals surface area contributed by atoms with Crippen molar-refractivity contribution in [3.8, 4) is 5.75 Å². The first-order valence-electron chi connectivity index (χ1n) is 10.5. The van der Waals surface area contributed by atoms with E-state index in [1.165, 1.54) is 11.3 Å². The van der Waals surface area contributed by atoms with Gasteiger partial charge in [-0.25, -0.2) is 0 Å². The fourth-order valence-corrected chi connectivity index (χ4v) is 3.90. The lowest BCUT2D eigenvalue weighted by atomic mass is 10.2. The van der Waals surface area contributed by atoms with Crippen LogP contribution in [-0.4, -0.2) is 43.6 Å². The molecule has 0 spiro atoms. The molecule has 4 rings (SSSR count). The molecule has 6 heteroatoms. The first-order valence-corrected chi connectivity index (χ1v) is 11.2. The Morgan fingerprint density at radius 2 is 1.55 bits per heavy atom. The average Bonchev–Trinajstić information content (AvgIpc) is 2.80. The van der Waals surface area contributed by atoms with Crippen LogP contribution in [0.2, 0.25) is 0 Å². The van der Waals surface area contributed by atoms with Gasteiger partial charge in [0, 0.05) is 48.6 Å². The maximum atomic E-state index is 12.2. The first-order chi connectivity index (χ1) is 15.2. The Kier molecular flexibility index (Phi) is 7.22. The topological polar surface area (TPSA) is 44.8 Å². The van der Waals surface area contributed by atoms with Crippen molar-refractivity contribution in [3.05, 3.63) is 88.9 Å². The number of nitrogens with one attached hydrogen (secondary N) is 1. The van der Waals surface area contributed by atoms with E-state index in [1.54, 1.807) is 0 Å². The lowest BCUT2D eigenvalue weighted by Crippen LogP contribution is -2.45. The van der Waals surface area contributed by atoms with Crippen LogP contribution in [0, 0.1) is 0 Å². The molecule has 1 fully saturated rings. The van der Waals surface area contributed by atoms with E-state index in [9.17, 15) is 4.79 Å². The van der Waals surface area contributed by atoms with Gasteiger partial charge in [0.2, 0.25) is 0 Å². The van der Waals surface area contributed by atoms with Crippen molar-refractivity contribution >= 4 is 33.2 Å². The van der Waals surface area contributed by atoms with Crippen LogP contribution in [-0.2, 0) is 11.3 Å². The average molecular weight is 480 g/mol. The molecule has 3 aromatic rings. The summed E-state index contributed by atoms with van der Waals surface area (Å²) in [4.78, 5) is 17.0. The number of rotatable bonds is 7. The molecule has 1 heterocycles. The van der Waals surface area contributed by atoms with Gasteiger partial charge in [0.25, 0.3) is 5.91 Å². The molecule has 0 radical (unpaired) electrons. The lowest BCUT2D eigenvalue weighted by Gasteiger charge is -2.36. The molecule has 160 valence electrons. The molecule has 1 amide bonds. The van der Waals surface area contributed by atoms with Gasteiger partial charge in [0.05, 0.1) is 0 Å². The van der Waals surface area contributed by atoms with E-state index in [2.05, 4.69) is 73.5 Å². The highest BCUT2D eigenvalue weighted by molar-refractivity contribution is 9.10. The molecule has 1 aliphatic heterocycles. The van der Waals surface area contributed by atoms with Crippen molar-refractivity contribution in [3.63, 3.8) is 0 Å². The van der Waals surface area contributed by atoms with Gasteiger partial charge in [0.15, 0.2) is 6.61 Å². The van der Waals surface area contributed by atoms with E-state index in [0.717, 1.165) is 42.9 Å². The molecule has 3 aromatic carbocycles. The predicted molar refractivity (Wildman–Crippen MR) is 129 cm³/mol. The number of hydrogen-bond donors (Lipinski definition) is 1. The van der Waals surface area contributed by atoms with Gasteiger partial charge in [-0.15, -0.1) is 0 Å². The molecule has 1 N–H and O–H groups in total. The number of carbonyl (C=O) groups excluding carboxylic acids is 1. The number of anilines is 2. The summed E-state index contributed by atoms with van der Waals surface area (Å²) in [7, 11) is 0. The third-order valence-corrected chi connectivity index (χ3v) is 5.85. The molecule has 0 unspecified atom stereocenters. The van der Waals surface area contributed by atoms with Gasteiger partial charge < -0.3 is 15.0 Å². The van der Waals surface area contributed by atoms with Crippen molar-refractivity contribution in [2.45, 2.75) is 6.54 Å². The van der Waals surface area contributed by atoms with E-state index in [1.807, 2.05) is 36.4 Å². The Hall–Kier alpha value is -2.83. The fourth-order valence-electron chi connectivity index (χ4n) is 3.64. The van der Waals surface area contributed by atoms with Crippen LogP contribution < -0.4 is 15.0 Å². The Balaban J connectivity index is 1.23. The van der Waals surface area contributed by atoms with E-state index in [4.69, 9.17) is 4.74 Å². The van der Waals surface area contributed by atoms with Crippen LogP contribution in [0.15, 0.2) is 83.3 Å². The smallest absolute Gasteiger partial charge is 0.262 e. The molecule has 0 atom stereocenters. The summed E-state index contributed by atoms with van der Waals surface area (Å²) >= 11 is 3.38. The molecule has 5 nitrogen and oxygen atoms in total. The standard InChI is InChI=1S/C25H26BrN3O2/c26-21-6-12-24(13-7-21)31-19-25(30)27-22-8-10-23(11-9-22)29-16-14-28(15-17-29)18-20-4-2-1-3-5-20/h1-13H,14-19H2,(H,27,30). The van der Waals surface area contributed by atoms with Crippen LogP contribution in [0.4, 0.5) is 11.4 Å². The maximum absolute atomic E-state index is 12.2. The number of amides is 1. The number of ether oxygens (including phenoxy) is 1. The number of benzene rings is 3. The Labute approximate surface area is 191 Å². The SMILES string of the molecule is O=C(COc1ccc(Br)cc1)Nc1ccc(N2CCN(Cc3ccccc3)CC2)cc1. The molecule has 0 bridgehead atoms. The summed E-state index contributed by atoms with van der Waals surface area (Å²) in [5, 5.41) is 2.89. The summed E-state index contributed by atoms with van der Waals surface area (Å²) in [6.07, 6.45) is 0. The molecular formula is C25H26BrN3O2. The van der Waals surface area contributed by atoms with Crippen LogP contribution in [0.25, 0.3) is 0 Å². The van der Waals surface area contributed by atoms with Crippen molar-refractivity contribution in [2.24, 2.45) is 0 Å². The zero-order valence-corrected chi connectivity index (χ0v) is 18.9. The van der Waals surface area contributed by atoms with Gasteiger partial charge in [-0.3, -0.25) is 9.69 Å². The summed E-state index contributed by atoms with van der Waals surface area (Å²) < 4.78 is 6.49. The summed E-state index contributed by atoms with van der Waals surface area (Å²) in [5.74, 6) is 0.491. The first kappa shape index (κ1) is 21.4.